The van der Waals surface area contributed by atoms with E-state index in [0.717, 1.165) is 0 Å². The number of aromatic nitrogens is 2. The second-order valence-electron chi connectivity index (χ2n) is 7.74. The van der Waals surface area contributed by atoms with Gasteiger partial charge in [0.25, 0.3) is 6.43 Å². The van der Waals surface area contributed by atoms with Crippen LogP contribution in [0.15, 0.2) is 42.7 Å². The molecule has 3 aromatic rings. The fourth-order valence-corrected chi connectivity index (χ4v) is 3.40. The Kier molecular flexibility index (Phi) is 7.09. The summed E-state index contributed by atoms with van der Waals surface area (Å²) < 4.78 is 46.7. The van der Waals surface area contributed by atoms with Gasteiger partial charge in [-0.05, 0) is 48.2 Å². The highest BCUT2D eigenvalue weighted by Crippen LogP contribution is 2.34. The highest BCUT2D eigenvalue weighted by Gasteiger charge is 2.29. The molecule has 2 unspecified atom stereocenters. The average molecular weight is 435 g/mol. The van der Waals surface area contributed by atoms with Crippen LogP contribution in [0.5, 0.6) is 5.88 Å². The fourth-order valence-electron chi connectivity index (χ4n) is 3.40. The quantitative estimate of drug-likeness (QED) is 0.476. The van der Waals surface area contributed by atoms with Crippen molar-refractivity contribution in [2.24, 2.45) is 11.7 Å². The number of aliphatic hydroxyl groups excluding tert-OH is 2. The predicted octanol–water partition coefficient (Wildman–Crippen LogP) is 3.46. The third-order valence-electron chi connectivity index (χ3n) is 5.01. The first-order chi connectivity index (χ1) is 14.8. The van der Waals surface area contributed by atoms with Crippen molar-refractivity contribution in [1.29, 1.82) is 0 Å². The van der Waals surface area contributed by atoms with Crippen LogP contribution in [-0.4, -0.2) is 45.5 Å². The van der Waals surface area contributed by atoms with Gasteiger partial charge in [0, 0.05) is 30.0 Å². The van der Waals surface area contributed by atoms with E-state index in [9.17, 15) is 23.4 Å². The summed E-state index contributed by atoms with van der Waals surface area (Å²) in [7, 11) is 0. The largest absolute Gasteiger partial charge is 0.475 e. The molecule has 0 amide bonds. The summed E-state index contributed by atoms with van der Waals surface area (Å²) in [6.45, 7) is 0.906. The lowest BCUT2D eigenvalue weighted by Crippen LogP contribution is -2.50. The summed E-state index contributed by atoms with van der Waals surface area (Å²) in [6.07, 6.45) is 0.212. The number of nitrogens with two attached hydrogens (primary N) is 1. The summed E-state index contributed by atoms with van der Waals surface area (Å²) in [6, 6.07) is 6.91. The Morgan fingerprint density at radius 1 is 1.16 bits per heavy atom. The number of alkyl halides is 2. The maximum absolute atomic E-state index is 13.8. The van der Waals surface area contributed by atoms with Crippen LogP contribution in [-0.2, 0) is 0 Å². The molecule has 4 N–H and O–H groups in total. The zero-order valence-electron chi connectivity index (χ0n) is 16.9. The normalized spacial score (nSPS) is 14.6. The molecular formula is C22H24F3N3O3. The molecular weight excluding hydrogens is 411 g/mol. The third-order valence-corrected chi connectivity index (χ3v) is 5.01. The monoisotopic (exact) mass is 435 g/mol. The molecule has 31 heavy (non-hydrogen) atoms. The first-order valence-electron chi connectivity index (χ1n) is 9.72. The topological polar surface area (TPSA) is 101 Å². The highest BCUT2D eigenvalue weighted by atomic mass is 19.3. The molecule has 0 aliphatic carbocycles. The lowest BCUT2D eigenvalue weighted by atomic mass is 9.91. The smallest absolute Gasteiger partial charge is 0.269 e. The lowest BCUT2D eigenvalue weighted by molar-refractivity contribution is 0.0928. The second kappa shape index (κ2) is 9.59. The van der Waals surface area contributed by atoms with E-state index >= 15 is 0 Å². The molecule has 0 aliphatic heterocycles. The molecule has 2 aromatic heterocycles. The Morgan fingerprint density at radius 3 is 2.61 bits per heavy atom. The lowest BCUT2D eigenvalue weighted by Gasteiger charge is -2.29. The molecule has 2 atom stereocenters. The van der Waals surface area contributed by atoms with Crippen molar-refractivity contribution in [2.45, 2.75) is 25.3 Å². The molecule has 3 rings (SSSR count). The molecule has 9 heteroatoms. The van der Waals surface area contributed by atoms with Crippen LogP contribution >= 0.6 is 0 Å². The Balaban J connectivity index is 1.93. The Labute approximate surface area is 177 Å². The van der Waals surface area contributed by atoms with Crippen LogP contribution in [0.25, 0.3) is 22.0 Å². The fraction of sp³-hybridized carbons (Fsp3) is 0.364. The molecule has 0 radical (unpaired) electrons. The van der Waals surface area contributed by atoms with Crippen LogP contribution in [0, 0.1) is 11.7 Å². The number of pyridine rings is 2. The van der Waals surface area contributed by atoms with Gasteiger partial charge < -0.3 is 20.7 Å². The summed E-state index contributed by atoms with van der Waals surface area (Å²) in [5.74, 6) is -0.974. The first kappa shape index (κ1) is 22.9. The second-order valence-corrected chi connectivity index (χ2v) is 7.74. The maximum atomic E-state index is 13.8. The van der Waals surface area contributed by atoms with E-state index in [4.69, 9.17) is 10.5 Å². The van der Waals surface area contributed by atoms with Gasteiger partial charge in [0.2, 0.25) is 5.88 Å². The van der Waals surface area contributed by atoms with Crippen molar-refractivity contribution in [3.63, 3.8) is 0 Å². The van der Waals surface area contributed by atoms with Crippen LogP contribution < -0.4 is 10.5 Å². The van der Waals surface area contributed by atoms with Crippen molar-refractivity contribution in [2.75, 3.05) is 19.8 Å². The van der Waals surface area contributed by atoms with Crippen LogP contribution in [0.1, 0.15) is 25.3 Å². The number of hydrogen-bond acceptors (Lipinski definition) is 6. The molecule has 0 spiro atoms. The number of rotatable bonds is 9. The van der Waals surface area contributed by atoms with Crippen LogP contribution in [0.2, 0.25) is 0 Å². The molecule has 0 saturated heterocycles. The van der Waals surface area contributed by atoms with Crippen LogP contribution in [0.4, 0.5) is 13.2 Å². The van der Waals surface area contributed by atoms with Crippen molar-refractivity contribution >= 4 is 10.9 Å². The summed E-state index contributed by atoms with van der Waals surface area (Å²) in [5.41, 5.74) is 5.81. The van der Waals surface area contributed by atoms with E-state index in [1.807, 2.05) is 0 Å². The molecule has 6 nitrogen and oxygen atoms in total. The number of nitrogens with zero attached hydrogens (tertiary/aromatic N) is 2. The molecule has 0 bridgehead atoms. The summed E-state index contributed by atoms with van der Waals surface area (Å²) in [5, 5.41) is 19.3. The van der Waals surface area contributed by atoms with Gasteiger partial charge >= 0.3 is 0 Å². The van der Waals surface area contributed by atoms with Gasteiger partial charge in [0.1, 0.15) is 12.4 Å². The van der Waals surface area contributed by atoms with Gasteiger partial charge in [0.15, 0.2) is 0 Å². The van der Waals surface area contributed by atoms with E-state index in [-0.39, 0.29) is 31.4 Å². The van der Waals surface area contributed by atoms with E-state index in [1.165, 1.54) is 36.7 Å². The van der Waals surface area contributed by atoms with E-state index in [2.05, 4.69) is 9.97 Å². The van der Waals surface area contributed by atoms with Gasteiger partial charge in [0.05, 0.1) is 23.2 Å². The number of halogens is 3. The number of aliphatic hydroxyl groups is 2. The molecule has 0 fully saturated rings. The van der Waals surface area contributed by atoms with Crippen molar-refractivity contribution in [1.82, 2.24) is 9.97 Å². The van der Waals surface area contributed by atoms with Crippen molar-refractivity contribution in [3.05, 3.63) is 54.1 Å². The van der Waals surface area contributed by atoms with Gasteiger partial charge in [-0.15, -0.1) is 0 Å². The molecule has 166 valence electrons. The zero-order chi connectivity index (χ0) is 22.6. The number of fused-ring (bicyclic) bond motifs is 1. The molecule has 2 heterocycles. The van der Waals surface area contributed by atoms with E-state index in [0.29, 0.717) is 22.0 Å². The first-order valence-corrected chi connectivity index (χ1v) is 9.72. The van der Waals surface area contributed by atoms with Crippen LogP contribution in [0.3, 0.4) is 0 Å². The van der Waals surface area contributed by atoms with E-state index in [1.54, 1.807) is 13.0 Å². The summed E-state index contributed by atoms with van der Waals surface area (Å²) in [4.78, 5) is 8.20. The standard InChI is InChI=1S/C22H24F3N3O3/c1-13(10-29)8-22(26,11-30)12-31-21-18(20(24)25)6-14(9-28-21)16-4-5-27-19-3-2-15(23)7-17(16)19/h2-7,9,13,20,29-30H,8,10-12,26H2,1H3. The number of ether oxygens (including phenoxy) is 1. The van der Waals surface area contributed by atoms with Crippen molar-refractivity contribution < 1.29 is 28.1 Å². The molecule has 0 saturated carbocycles. The Morgan fingerprint density at radius 2 is 1.94 bits per heavy atom. The minimum atomic E-state index is -2.88. The average Bonchev–Trinajstić information content (AvgIpc) is 2.77. The van der Waals surface area contributed by atoms with Gasteiger partial charge in [-0.3, -0.25) is 4.98 Å². The third kappa shape index (κ3) is 5.30. The van der Waals surface area contributed by atoms with E-state index < -0.39 is 30.0 Å². The minimum absolute atomic E-state index is 0.130. The predicted molar refractivity (Wildman–Crippen MR) is 110 cm³/mol. The zero-order valence-corrected chi connectivity index (χ0v) is 16.9. The number of hydrogen-bond donors (Lipinski definition) is 3. The Hall–Kier alpha value is -2.75. The van der Waals surface area contributed by atoms with Crippen molar-refractivity contribution in [3.8, 4) is 17.0 Å². The van der Waals surface area contributed by atoms with Gasteiger partial charge in [-0.1, -0.05) is 6.92 Å². The Bertz CT molecular complexity index is 1050. The SMILES string of the molecule is CC(CO)CC(N)(CO)COc1ncc(-c2ccnc3ccc(F)cc23)cc1C(F)F. The van der Waals surface area contributed by atoms with Gasteiger partial charge in [-0.25, -0.2) is 18.2 Å². The molecule has 1 aromatic carbocycles. The highest BCUT2D eigenvalue weighted by molar-refractivity contribution is 5.94. The number of benzene rings is 1. The van der Waals surface area contributed by atoms with Gasteiger partial charge in [-0.2, -0.15) is 0 Å². The summed E-state index contributed by atoms with van der Waals surface area (Å²) >= 11 is 0. The minimum Gasteiger partial charge on any atom is -0.475 e. The maximum Gasteiger partial charge on any atom is 0.269 e. The molecule has 0 aliphatic rings.